The Morgan fingerprint density at radius 1 is 0.217 bits per heavy atom. The van der Waals surface area contributed by atoms with Gasteiger partial charge in [-0.3, -0.25) is 13.7 Å². The van der Waals surface area contributed by atoms with Gasteiger partial charge in [0.25, 0.3) is 0 Å². The summed E-state index contributed by atoms with van der Waals surface area (Å²) in [5.41, 5.74) is 29.2. The van der Waals surface area contributed by atoms with Crippen molar-refractivity contribution in [3.63, 3.8) is 0 Å². The quantitative estimate of drug-likeness (QED) is 0.142. The summed E-state index contributed by atoms with van der Waals surface area (Å²) in [7, 11) is 0. The van der Waals surface area contributed by atoms with Gasteiger partial charge in [0.1, 0.15) is 11.2 Å². The van der Waals surface area contributed by atoms with Crippen molar-refractivity contribution in [2.75, 3.05) is 0 Å². The molecular formula is C131H81N9OS2. The first-order valence-electron chi connectivity index (χ1n) is 48.5. The van der Waals surface area contributed by atoms with Crippen molar-refractivity contribution in [2.45, 2.75) is 19.3 Å². The molecule has 0 fully saturated rings. The predicted molar refractivity (Wildman–Crippen MR) is 600 cm³/mol. The van der Waals surface area contributed by atoms with Gasteiger partial charge >= 0.3 is 0 Å². The second-order valence-electron chi connectivity index (χ2n) is 37.8. The maximum Gasteiger partial charge on any atom is 0.235 e. The number of hydrogen-bond donors (Lipinski definition) is 0. The fourth-order valence-electron chi connectivity index (χ4n) is 22.6. The number of nitrogens with zero attached hydrogens (tertiary/aromatic N) is 9. The molecule has 0 spiro atoms. The number of para-hydroxylation sites is 4. The third-order valence-corrected chi connectivity index (χ3v) is 31.8. The Balaban J connectivity index is 0.000000102. The Hall–Kier alpha value is -18.2. The predicted octanol–water partition coefficient (Wildman–Crippen LogP) is 35.4. The molecule has 9 aromatic heterocycles. The maximum atomic E-state index is 6.60. The normalized spacial score (nSPS) is 12.5. The lowest BCUT2D eigenvalue weighted by atomic mass is 9.82. The number of hydrogen-bond acceptors (Lipinski definition) is 9. The molecule has 0 saturated heterocycles. The SMILES string of the molecule is CC1(C)c2ccccc2-c2cc3c(cc21)c1ccc(-c2cccc4c2sc2ccccc24)cc1n3-c1nc(-c2ccccc2)c2ccccc2n1.c1ccc(-c2ccc3c4c5sc6ccccc6c5ccc4n(-c4nc(-c5ccc6ccccc6c5)c5ccccc5n4)c3c2)cc1.c1ccc(-c2nc(-n3c4cc(-c5ccc6ccccc6c5)ccc4c4c5oc6ccccc6c5ccc43)nc3ccccc23)cc1. The van der Waals surface area contributed by atoms with E-state index in [0.29, 0.717) is 17.8 Å². The molecule has 0 unspecified atom stereocenters. The second-order valence-corrected chi connectivity index (χ2v) is 39.9. The van der Waals surface area contributed by atoms with E-state index in [2.05, 4.69) is 452 Å². The molecule has 0 radical (unpaired) electrons. The van der Waals surface area contributed by atoms with Gasteiger partial charge < -0.3 is 4.42 Å². The zero-order valence-electron chi connectivity index (χ0n) is 77.6. The minimum absolute atomic E-state index is 0.106. The van der Waals surface area contributed by atoms with E-state index in [9.17, 15) is 0 Å². The summed E-state index contributed by atoms with van der Waals surface area (Å²) in [6.07, 6.45) is 0. The van der Waals surface area contributed by atoms with E-state index in [4.69, 9.17) is 34.3 Å². The molecule has 0 amide bonds. The van der Waals surface area contributed by atoms with Gasteiger partial charge in [-0.2, -0.15) is 0 Å². The monoisotopic (exact) mass is 1860 g/mol. The lowest BCUT2D eigenvalue weighted by molar-refractivity contribution is 0.661. The first-order valence-corrected chi connectivity index (χ1v) is 50.1. The van der Waals surface area contributed by atoms with Gasteiger partial charge in [0.15, 0.2) is 0 Å². The van der Waals surface area contributed by atoms with Crippen LogP contribution < -0.4 is 0 Å². The molecule has 1 aliphatic carbocycles. The van der Waals surface area contributed by atoms with Crippen molar-refractivity contribution in [3.8, 4) is 96.1 Å². The van der Waals surface area contributed by atoms with E-state index in [1.165, 1.54) is 128 Å². The summed E-state index contributed by atoms with van der Waals surface area (Å²) < 4.78 is 18.6. The zero-order chi connectivity index (χ0) is 94.2. The number of furan rings is 1. The molecule has 31 rings (SSSR count). The maximum absolute atomic E-state index is 6.60. The summed E-state index contributed by atoms with van der Waals surface area (Å²) in [5, 5.41) is 22.4. The zero-order valence-corrected chi connectivity index (χ0v) is 79.2. The van der Waals surface area contributed by atoms with Crippen LogP contribution in [-0.4, -0.2) is 43.6 Å². The average Bonchev–Trinajstić information content (AvgIpc) is 1.55. The Labute approximate surface area is 827 Å². The number of thiophene rings is 2. The molecule has 10 nitrogen and oxygen atoms in total. The number of benzene rings is 21. The first-order chi connectivity index (χ1) is 70.6. The standard InChI is InChI=1S/C47H31N3S.C42H25N3O.C42H25N3S/c1-47(2)38-20-9-6-15-31(38)36-27-42-37(26-39(36)47)32-24-23-29(30-18-12-19-34-33-16-8-11-22-43(33)51-45(30)34)25-41(32)50(42)46-48-40-21-10-7-17-35(40)44(49-46)28-13-4-3-5-14-28;1-2-11-27(12-3-1)40-33-15-6-8-16-35(33)43-42(44-40)45-36-23-22-32-31-14-7-9-17-38(31)46-41(32)39(36)34-21-20-30(25-37(34)45)29-19-18-26-10-4-5-13-28(26)24-29;1-2-10-26(11-3-1)29-20-21-34-37(25-29)45(36-23-22-32-31-14-7-9-17-38(31)46-41(32)39(34)36)42-43-35-16-8-6-15-33(35)40(44-42)30-19-18-27-12-4-5-13-28(27)24-30/h3-27H,1-2H3;2*1-25H. The van der Waals surface area contributed by atoms with Gasteiger partial charge in [-0.15, -0.1) is 22.7 Å². The van der Waals surface area contributed by atoms with E-state index in [1.54, 1.807) is 0 Å². The van der Waals surface area contributed by atoms with E-state index >= 15 is 0 Å². The Bertz CT molecular complexity index is 10600. The van der Waals surface area contributed by atoms with Crippen molar-refractivity contribution in [3.05, 3.63) is 466 Å². The molecule has 0 atom stereocenters. The van der Waals surface area contributed by atoms with E-state index in [0.717, 1.165) is 143 Å². The molecule has 668 valence electrons. The molecule has 0 aliphatic heterocycles. The van der Waals surface area contributed by atoms with E-state index in [1.807, 2.05) is 53.0 Å². The summed E-state index contributed by atoms with van der Waals surface area (Å²) in [4.78, 5) is 31.9. The molecule has 0 N–H and O–H groups in total. The summed E-state index contributed by atoms with van der Waals surface area (Å²) in [6, 6.07) is 162. The topological polar surface area (TPSA) is 105 Å². The van der Waals surface area contributed by atoms with Crippen LogP contribution in [0.1, 0.15) is 25.0 Å². The molecule has 1 aliphatic rings. The number of fused-ring (bicyclic) bond motifs is 28. The Kier molecular flexibility index (Phi) is 18.6. The Morgan fingerprint density at radius 3 is 1.23 bits per heavy atom. The molecule has 143 heavy (non-hydrogen) atoms. The lowest BCUT2D eigenvalue weighted by Gasteiger charge is -2.21. The van der Waals surface area contributed by atoms with Gasteiger partial charge in [0.05, 0.1) is 72.1 Å². The van der Waals surface area contributed by atoms with Crippen molar-refractivity contribution in [1.29, 1.82) is 0 Å². The van der Waals surface area contributed by atoms with Crippen LogP contribution in [0.25, 0.3) is 278 Å². The highest BCUT2D eigenvalue weighted by molar-refractivity contribution is 7.27. The lowest BCUT2D eigenvalue weighted by Crippen LogP contribution is -2.14. The number of aromatic nitrogens is 9. The van der Waals surface area contributed by atoms with Crippen LogP contribution in [0.2, 0.25) is 0 Å². The van der Waals surface area contributed by atoms with Gasteiger partial charge in [0.2, 0.25) is 17.8 Å². The highest BCUT2D eigenvalue weighted by atomic mass is 32.1. The third kappa shape index (κ3) is 13.1. The van der Waals surface area contributed by atoms with Crippen LogP contribution in [0.5, 0.6) is 0 Å². The molecular weight excluding hydrogens is 1780 g/mol. The van der Waals surface area contributed by atoms with Crippen LogP contribution in [0.15, 0.2) is 459 Å². The van der Waals surface area contributed by atoms with Gasteiger partial charge in [0, 0.05) is 116 Å². The molecule has 0 bridgehead atoms. The van der Waals surface area contributed by atoms with Crippen LogP contribution >= 0.6 is 22.7 Å². The van der Waals surface area contributed by atoms with Crippen molar-refractivity contribution >= 4 is 205 Å². The van der Waals surface area contributed by atoms with Crippen molar-refractivity contribution in [2.24, 2.45) is 0 Å². The van der Waals surface area contributed by atoms with E-state index < -0.39 is 0 Å². The van der Waals surface area contributed by atoms with Gasteiger partial charge in [-0.05, 0) is 174 Å². The largest absolute Gasteiger partial charge is 0.455 e. The van der Waals surface area contributed by atoms with Gasteiger partial charge in [-0.1, -0.05) is 372 Å². The van der Waals surface area contributed by atoms with Crippen LogP contribution in [0.4, 0.5) is 0 Å². The fraction of sp³-hybridized carbons (Fsp3) is 0.0229. The fourth-order valence-corrected chi connectivity index (χ4v) is 25.1. The highest BCUT2D eigenvalue weighted by Crippen LogP contribution is 2.54. The van der Waals surface area contributed by atoms with Crippen LogP contribution in [0.3, 0.4) is 0 Å². The minimum atomic E-state index is -0.106. The van der Waals surface area contributed by atoms with Crippen LogP contribution in [-0.2, 0) is 5.41 Å². The molecule has 0 saturated carbocycles. The van der Waals surface area contributed by atoms with Crippen molar-refractivity contribution < 1.29 is 4.42 Å². The van der Waals surface area contributed by atoms with Crippen LogP contribution in [0, 0.1) is 0 Å². The molecule has 9 heterocycles. The van der Waals surface area contributed by atoms with E-state index in [-0.39, 0.29) is 5.41 Å². The minimum Gasteiger partial charge on any atom is -0.455 e. The summed E-state index contributed by atoms with van der Waals surface area (Å²) in [5.74, 6) is 1.98. The average molecular weight is 1860 g/mol. The first kappa shape index (κ1) is 81.9. The second kappa shape index (κ2) is 32.5. The summed E-state index contributed by atoms with van der Waals surface area (Å²) in [6.45, 7) is 4.70. The number of rotatable bonds is 9. The third-order valence-electron chi connectivity index (χ3n) is 29.4. The van der Waals surface area contributed by atoms with Gasteiger partial charge in [-0.25, -0.2) is 29.9 Å². The Morgan fingerprint density at radius 2 is 0.615 bits per heavy atom. The molecule has 12 heteroatoms. The smallest absolute Gasteiger partial charge is 0.235 e. The molecule has 21 aromatic carbocycles. The van der Waals surface area contributed by atoms with Crippen molar-refractivity contribution in [1.82, 2.24) is 43.6 Å². The summed E-state index contributed by atoms with van der Waals surface area (Å²) >= 11 is 3.74. The highest BCUT2D eigenvalue weighted by Gasteiger charge is 2.37. The molecule has 30 aromatic rings.